The molecule has 3 rings (SSSR count). The second-order valence-electron chi connectivity index (χ2n) is 5.04. The minimum Gasteiger partial charge on any atom is -0.316 e. The Labute approximate surface area is 96.9 Å². The molecule has 1 N–H and O–H groups in total. The summed E-state index contributed by atoms with van der Waals surface area (Å²) >= 11 is 0. The lowest BCUT2D eigenvalue weighted by Crippen LogP contribution is -2.27. The van der Waals surface area contributed by atoms with Crippen LogP contribution in [0.1, 0.15) is 5.56 Å². The van der Waals surface area contributed by atoms with Gasteiger partial charge in [0.2, 0.25) is 0 Å². The zero-order valence-electron chi connectivity index (χ0n) is 9.60. The van der Waals surface area contributed by atoms with Gasteiger partial charge in [-0.3, -0.25) is 4.98 Å². The van der Waals surface area contributed by atoms with E-state index in [1.807, 2.05) is 12.4 Å². The molecule has 0 spiro atoms. The van der Waals surface area contributed by atoms with E-state index in [1.54, 1.807) is 0 Å². The number of nitrogens with zero attached hydrogens (tertiary/aromatic N) is 2. The van der Waals surface area contributed by atoms with Gasteiger partial charge in [-0.1, -0.05) is 0 Å². The Balaban J connectivity index is 1.50. The Morgan fingerprint density at radius 2 is 1.88 bits per heavy atom. The number of aromatic nitrogens is 1. The fraction of sp³-hybridized carbons (Fsp3) is 0.615. The van der Waals surface area contributed by atoms with Crippen molar-refractivity contribution < 1.29 is 0 Å². The molecule has 0 amide bonds. The molecule has 2 saturated heterocycles. The van der Waals surface area contributed by atoms with Crippen molar-refractivity contribution in [3.8, 4) is 0 Å². The van der Waals surface area contributed by atoms with Crippen molar-refractivity contribution >= 4 is 0 Å². The molecule has 1 aromatic rings. The number of hydrogen-bond acceptors (Lipinski definition) is 3. The van der Waals surface area contributed by atoms with Crippen molar-refractivity contribution in [1.82, 2.24) is 15.2 Å². The third-order valence-corrected chi connectivity index (χ3v) is 3.93. The van der Waals surface area contributed by atoms with Gasteiger partial charge in [-0.05, 0) is 49.0 Å². The summed E-state index contributed by atoms with van der Waals surface area (Å²) in [4.78, 5) is 6.67. The number of hydrogen-bond donors (Lipinski definition) is 1. The minimum absolute atomic E-state index is 0.914. The van der Waals surface area contributed by atoms with Gasteiger partial charge >= 0.3 is 0 Å². The van der Waals surface area contributed by atoms with E-state index in [9.17, 15) is 0 Å². The standard InChI is InChI=1S/C13H19N3/c1-4-14-5-2-11(1)3-6-16-9-12-7-15-8-13(12)10-16/h1-2,4-5,12-13,15H,3,6-10H2. The number of likely N-dealkylation sites (tertiary alicyclic amines) is 1. The summed E-state index contributed by atoms with van der Waals surface area (Å²) in [6.45, 7) is 6.26. The van der Waals surface area contributed by atoms with Crippen molar-refractivity contribution in [3.05, 3.63) is 30.1 Å². The maximum Gasteiger partial charge on any atom is 0.0270 e. The lowest BCUT2D eigenvalue weighted by molar-refractivity contribution is 0.317. The van der Waals surface area contributed by atoms with Crippen LogP contribution in [0.25, 0.3) is 0 Å². The quantitative estimate of drug-likeness (QED) is 0.811. The fourth-order valence-corrected chi connectivity index (χ4v) is 2.97. The number of rotatable bonds is 3. The van der Waals surface area contributed by atoms with Gasteiger partial charge in [0.1, 0.15) is 0 Å². The molecule has 2 aliphatic rings. The molecule has 0 radical (unpaired) electrons. The van der Waals surface area contributed by atoms with Crippen LogP contribution in [0.15, 0.2) is 24.5 Å². The molecule has 0 aliphatic carbocycles. The summed E-state index contributed by atoms with van der Waals surface area (Å²) in [6, 6.07) is 4.25. The van der Waals surface area contributed by atoms with Crippen LogP contribution in [0.3, 0.4) is 0 Å². The zero-order chi connectivity index (χ0) is 10.8. The molecule has 0 saturated carbocycles. The minimum atomic E-state index is 0.914. The number of nitrogens with one attached hydrogen (secondary N) is 1. The van der Waals surface area contributed by atoms with Gasteiger partial charge in [-0.15, -0.1) is 0 Å². The summed E-state index contributed by atoms with van der Waals surface area (Å²) in [7, 11) is 0. The van der Waals surface area contributed by atoms with Crippen LogP contribution in [0.4, 0.5) is 0 Å². The Bertz CT molecular complexity index is 326. The molecule has 0 bridgehead atoms. The maximum absolute atomic E-state index is 4.05. The highest BCUT2D eigenvalue weighted by Gasteiger charge is 2.35. The Morgan fingerprint density at radius 1 is 1.19 bits per heavy atom. The predicted molar refractivity (Wildman–Crippen MR) is 64.2 cm³/mol. The van der Waals surface area contributed by atoms with Gasteiger partial charge < -0.3 is 10.2 Å². The van der Waals surface area contributed by atoms with Crippen LogP contribution in [-0.2, 0) is 6.42 Å². The molecule has 3 nitrogen and oxygen atoms in total. The normalized spacial score (nSPS) is 29.5. The van der Waals surface area contributed by atoms with E-state index in [2.05, 4.69) is 27.3 Å². The average molecular weight is 217 g/mol. The maximum atomic E-state index is 4.05. The van der Waals surface area contributed by atoms with Crippen molar-refractivity contribution in [3.63, 3.8) is 0 Å². The summed E-state index contributed by atoms with van der Waals surface area (Å²) in [5, 5.41) is 3.48. The van der Waals surface area contributed by atoms with Crippen molar-refractivity contribution in [2.45, 2.75) is 6.42 Å². The average Bonchev–Trinajstić information content (AvgIpc) is 2.88. The van der Waals surface area contributed by atoms with Gasteiger partial charge in [-0.2, -0.15) is 0 Å². The van der Waals surface area contributed by atoms with Gasteiger partial charge in [0.05, 0.1) is 0 Å². The summed E-state index contributed by atoms with van der Waals surface area (Å²) in [6.07, 6.45) is 4.94. The smallest absolute Gasteiger partial charge is 0.0270 e. The van der Waals surface area contributed by atoms with Gasteiger partial charge in [0, 0.05) is 32.0 Å². The van der Waals surface area contributed by atoms with E-state index in [4.69, 9.17) is 0 Å². The molecule has 16 heavy (non-hydrogen) atoms. The Kier molecular flexibility index (Phi) is 2.89. The van der Waals surface area contributed by atoms with Gasteiger partial charge in [0.25, 0.3) is 0 Å². The first-order chi connectivity index (χ1) is 7.92. The van der Waals surface area contributed by atoms with Crippen LogP contribution < -0.4 is 5.32 Å². The van der Waals surface area contributed by atoms with E-state index in [1.165, 1.54) is 38.3 Å². The number of pyridine rings is 1. The van der Waals surface area contributed by atoms with E-state index >= 15 is 0 Å². The van der Waals surface area contributed by atoms with E-state index < -0.39 is 0 Å². The summed E-state index contributed by atoms with van der Waals surface area (Å²) in [5.41, 5.74) is 1.41. The lowest BCUT2D eigenvalue weighted by atomic mass is 10.0. The predicted octanol–water partition coefficient (Wildman–Crippen LogP) is 0.775. The molecular weight excluding hydrogens is 198 g/mol. The van der Waals surface area contributed by atoms with Crippen LogP contribution in [0.5, 0.6) is 0 Å². The third-order valence-electron chi connectivity index (χ3n) is 3.93. The molecule has 2 unspecified atom stereocenters. The van der Waals surface area contributed by atoms with Crippen molar-refractivity contribution in [2.75, 3.05) is 32.7 Å². The first-order valence-corrected chi connectivity index (χ1v) is 6.24. The molecular formula is C13H19N3. The Morgan fingerprint density at radius 3 is 2.56 bits per heavy atom. The zero-order valence-corrected chi connectivity index (χ0v) is 9.60. The topological polar surface area (TPSA) is 28.2 Å². The molecule has 1 aromatic heterocycles. The van der Waals surface area contributed by atoms with E-state index in [-0.39, 0.29) is 0 Å². The van der Waals surface area contributed by atoms with Crippen LogP contribution in [0.2, 0.25) is 0 Å². The first-order valence-electron chi connectivity index (χ1n) is 6.24. The van der Waals surface area contributed by atoms with Gasteiger partial charge in [-0.25, -0.2) is 0 Å². The van der Waals surface area contributed by atoms with Crippen LogP contribution in [0, 0.1) is 11.8 Å². The SMILES string of the molecule is c1cc(CCN2CC3CNCC3C2)ccn1. The lowest BCUT2D eigenvalue weighted by Gasteiger charge is -2.16. The highest BCUT2D eigenvalue weighted by Crippen LogP contribution is 2.26. The molecule has 86 valence electrons. The van der Waals surface area contributed by atoms with E-state index in [0.29, 0.717) is 0 Å². The molecule has 3 heteroatoms. The fourth-order valence-electron chi connectivity index (χ4n) is 2.97. The largest absolute Gasteiger partial charge is 0.316 e. The summed E-state index contributed by atoms with van der Waals surface area (Å²) < 4.78 is 0. The highest BCUT2D eigenvalue weighted by molar-refractivity contribution is 5.10. The van der Waals surface area contributed by atoms with E-state index in [0.717, 1.165) is 18.3 Å². The van der Waals surface area contributed by atoms with Crippen molar-refractivity contribution in [1.29, 1.82) is 0 Å². The van der Waals surface area contributed by atoms with Gasteiger partial charge in [0.15, 0.2) is 0 Å². The Hall–Kier alpha value is -0.930. The second kappa shape index (κ2) is 4.52. The van der Waals surface area contributed by atoms with Crippen molar-refractivity contribution in [2.24, 2.45) is 11.8 Å². The second-order valence-corrected chi connectivity index (χ2v) is 5.04. The monoisotopic (exact) mass is 217 g/mol. The number of fused-ring (bicyclic) bond motifs is 1. The van der Waals surface area contributed by atoms with Crippen LogP contribution >= 0.6 is 0 Å². The molecule has 0 aromatic carbocycles. The third kappa shape index (κ3) is 2.11. The first kappa shape index (κ1) is 10.2. The molecule has 2 fully saturated rings. The molecule has 2 aliphatic heterocycles. The molecule has 3 heterocycles. The summed E-state index contributed by atoms with van der Waals surface area (Å²) in [5.74, 6) is 1.83. The molecule has 2 atom stereocenters. The highest BCUT2D eigenvalue weighted by atomic mass is 15.2. The van der Waals surface area contributed by atoms with Crippen LogP contribution in [-0.4, -0.2) is 42.6 Å².